The number of rotatable bonds is 7. The summed E-state index contributed by atoms with van der Waals surface area (Å²) in [7, 11) is 0. The van der Waals surface area contributed by atoms with Crippen LogP contribution in [-0.4, -0.2) is 26.1 Å². The number of hydrogen-bond acceptors (Lipinski definition) is 3. The first-order valence-electron chi connectivity index (χ1n) is 7.35. The van der Waals surface area contributed by atoms with Gasteiger partial charge in [-0.05, 0) is 43.4 Å². The quantitative estimate of drug-likeness (QED) is 0.705. The van der Waals surface area contributed by atoms with E-state index in [1.165, 1.54) is 5.56 Å². The summed E-state index contributed by atoms with van der Waals surface area (Å²) in [5.41, 5.74) is 2.61. The summed E-state index contributed by atoms with van der Waals surface area (Å²) < 4.78 is 16.8. The minimum absolute atomic E-state index is 0.155. The zero-order chi connectivity index (χ0) is 15.2. The van der Waals surface area contributed by atoms with Crippen molar-refractivity contribution in [3.05, 3.63) is 29.3 Å². The molecule has 0 N–H and O–H groups in total. The van der Waals surface area contributed by atoms with Gasteiger partial charge in [-0.15, -0.1) is 0 Å². The molecule has 0 aliphatic heterocycles. The Bertz CT molecular complexity index is 401. The molecule has 20 heavy (non-hydrogen) atoms. The van der Waals surface area contributed by atoms with E-state index in [1.807, 2.05) is 19.9 Å². The van der Waals surface area contributed by atoms with Crippen LogP contribution in [0.2, 0.25) is 0 Å². The lowest BCUT2D eigenvalue weighted by molar-refractivity contribution is -0.152. The van der Waals surface area contributed by atoms with Gasteiger partial charge in [-0.2, -0.15) is 0 Å². The molecule has 0 spiro atoms. The Morgan fingerprint density at radius 1 is 1.05 bits per heavy atom. The van der Waals surface area contributed by atoms with Gasteiger partial charge in [0.1, 0.15) is 12.4 Å². The van der Waals surface area contributed by atoms with Gasteiger partial charge in [0.2, 0.25) is 0 Å². The van der Waals surface area contributed by atoms with Gasteiger partial charge in [-0.25, -0.2) is 0 Å². The van der Waals surface area contributed by atoms with Crippen LogP contribution >= 0.6 is 0 Å². The van der Waals surface area contributed by atoms with Crippen LogP contribution in [0, 0.1) is 6.92 Å². The summed E-state index contributed by atoms with van der Waals surface area (Å²) in [6.45, 7) is 14.3. The van der Waals surface area contributed by atoms with Crippen molar-refractivity contribution in [1.82, 2.24) is 0 Å². The van der Waals surface area contributed by atoms with Crippen molar-refractivity contribution in [3.63, 3.8) is 0 Å². The zero-order valence-electron chi connectivity index (χ0n) is 13.7. The Hall–Kier alpha value is -1.06. The molecule has 0 heterocycles. The molecule has 0 aromatic heterocycles. The maximum atomic E-state index is 5.82. The molecule has 3 nitrogen and oxygen atoms in total. The van der Waals surface area contributed by atoms with Crippen molar-refractivity contribution in [2.24, 2.45) is 0 Å². The summed E-state index contributed by atoms with van der Waals surface area (Å²) in [5.74, 6) is 0.891. The highest BCUT2D eigenvalue weighted by Crippen LogP contribution is 2.27. The van der Waals surface area contributed by atoms with Gasteiger partial charge >= 0.3 is 0 Å². The third kappa shape index (κ3) is 5.14. The van der Waals surface area contributed by atoms with Crippen molar-refractivity contribution in [2.75, 3.05) is 19.8 Å². The average molecular weight is 280 g/mol. The molecule has 0 atom stereocenters. The second-order valence-corrected chi connectivity index (χ2v) is 5.88. The Balaban J connectivity index is 2.68. The summed E-state index contributed by atoms with van der Waals surface area (Å²) in [5, 5.41) is 0. The van der Waals surface area contributed by atoms with Crippen LogP contribution in [0.3, 0.4) is 0 Å². The van der Waals surface area contributed by atoms with Crippen LogP contribution in [0.25, 0.3) is 0 Å². The molecule has 3 heteroatoms. The predicted molar refractivity (Wildman–Crippen MR) is 82.4 cm³/mol. The van der Waals surface area contributed by atoms with Crippen LogP contribution in [0.15, 0.2) is 18.2 Å². The lowest BCUT2D eigenvalue weighted by Crippen LogP contribution is -2.25. The Morgan fingerprint density at radius 2 is 1.65 bits per heavy atom. The highest BCUT2D eigenvalue weighted by atomic mass is 16.7. The molecule has 0 fully saturated rings. The van der Waals surface area contributed by atoms with Gasteiger partial charge in [0, 0.05) is 13.2 Å². The first kappa shape index (κ1) is 17.0. The van der Waals surface area contributed by atoms with Gasteiger partial charge < -0.3 is 14.2 Å². The van der Waals surface area contributed by atoms with Gasteiger partial charge in [0.25, 0.3) is 0 Å². The van der Waals surface area contributed by atoms with E-state index < -0.39 is 0 Å². The van der Waals surface area contributed by atoms with Crippen molar-refractivity contribution >= 4 is 0 Å². The molecule has 1 aromatic carbocycles. The number of hydrogen-bond donors (Lipinski definition) is 0. The van der Waals surface area contributed by atoms with Crippen molar-refractivity contribution in [2.45, 2.75) is 53.2 Å². The minimum atomic E-state index is -0.299. The molecule has 0 saturated heterocycles. The second kappa shape index (κ2) is 7.65. The maximum Gasteiger partial charge on any atom is 0.191 e. The summed E-state index contributed by atoms with van der Waals surface area (Å²) in [4.78, 5) is 0. The maximum absolute atomic E-state index is 5.82. The lowest BCUT2D eigenvalue weighted by atomic mass is 9.86. The molecule has 0 radical (unpaired) electrons. The van der Waals surface area contributed by atoms with Gasteiger partial charge in [-0.1, -0.05) is 32.9 Å². The van der Waals surface area contributed by atoms with Crippen LogP contribution in [0.4, 0.5) is 0 Å². The summed E-state index contributed by atoms with van der Waals surface area (Å²) in [6, 6.07) is 6.34. The molecular weight excluding hydrogens is 252 g/mol. The van der Waals surface area contributed by atoms with E-state index in [0.29, 0.717) is 19.8 Å². The third-order valence-corrected chi connectivity index (χ3v) is 3.12. The van der Waals surface area contributed by atoms with Crippen LogP contribution in [0.5, 0.6) is 5.75 Å². The van der Waals surface area contributed by atoms with Crippen molar-refractivity contribution in [1.29, 1.82) is 0 Å². The van der Waals surface area contributed by atoms with Crippen LogP contribution in [0.1, 0.15) is 45.7 Å². The highest BCUT2D eigenvalue weighted by Gasteiger charge is 2.15. The first-order chi connectivity index (χ1) is 9.38. The standard InChI is InChI=1S/C17H28O3/c1-7-18-16(19-8-2)12-20-15-10-9-14(11-13(15)3)17(4,5)6/h9-11,16H,7-8,12H2,1-6H3. The molecule has 0 amide bonds. The van der Waals surface area contributed by atoms with Crippen molar-refractivity contribution in [3.8, 4) is 5.75 Å². The molecule has 0 aliphatic carbocycles. The molecule has 1 rings (SSSR count). The Morgan fingerprint density at radius 3 is 2.10 bits per heavy atom. The van der Waals surface area contributed by atoms with E-state index >= 15 is 0 Å². The Kier molecular flexibility index (Phi) is 6.50. The van der Waals surface area contributed by atoms with E-state index in [-0.39, 0.29) is 11.7 Å². The summed E-state index contributed by atoms with van der Waals surface area (Å²) in [6.07, 6.45) is -0.299. The van der Waals surface area contributed by atoms with E-state index in [1.54, 1.807) is 0 Å². The van der Waals surface area contributed by atoms with Gasteiger partial charge in [-0.3, -0.25) is 0 Å². The van der Waals surface area contributed by atoms with Crippen LogP contribution in [-0.2, 0) is 14.9 Å². The average Bonchev–Trinajstić information content (AvgIpc) is 2.36. The molecule has 114 valence electrons. The predicted octanol–water partition coefficient (Wildman–Crippen LogP) is 4.07. The van der Waals surface area contributed by atoms with Crippen molar-refractivity contribution < 1.29 is 14.2 Å². The molecule has 0 saturated carbocycles. The second-order valence-electron chi connectivity index (χ2n) is 5.88. The summed E-state index contributed by atoms with van der Waals surface area (Å²) >= 11 is 0. The fraction of sp³-hybridized carbons (Fsp3) is 0.647. The zero-order valence-corrected chi connectivity index (χ0v) is 13.7. The van der Waals surface area contributed by atoms with E-state index in [9.17, 15) is 0 Å². The monoisotopic (exact) mass is 280 g/mol. The normalized spacial score (nSPS) is 11.9. The lowest BCUT2D eigenvalue weighted by Gasteiger charge is -2.22. The van der Waals surface area contributed by atoms with E-state index in [0.717, 1.165) is 11.3 Å². The highest BCUT2D eigenvalue weighted by molar-refractivity contribution is 5.38. The van der Waals surface area contributed by atoms with E-state index in [4.69, 9.17) is 14.2 Å². The molecular formula is C17H28O3. The fourth-order valence-corrected chi connectivity index (χ4v) is 1.95. The molecule has 1 aromatic rings. The topological polar surface area (TPSA) is 27.7 Å². The smallest absolute Gasteiger partial charge is 0.191 e. The molecule has 0 unspecified atom stereocenters. The van der Waals surface area contributed by atoms with Crippen LogP contribution < -0.4 is 4.74 Å². The number of benzene rings is 1. The third-order valence-electron chi connectivity index (χ3n) is 3.12. The molecule has 0 bridgehead atoms. The Labute approximate surface area is 123 Å². The van der Waals surface area contributed by atoms with E-state index in [2.05, 4.69) is 39.8 Å². The minimum Gasteiger partial charge on any atom is -0.488 e. The fourth-order valence-electron chi connectivity index (χ4n) is 1.95. The van der Waals surface area contributed by atoms with Gasteiger partial charge in [0.05, 0.1) is 0 Å². The SMILES string of the molecule is CCOC(COc1ccc(C(C)(C)C)cc1C)OCC. The first-order valence-corrected chi connectivity index (χ1v) is 7.35. The number of aryl methyl sites for hydroxylation is 1. The molecule has 0 aliphatic rings. The van der Waals surface area contributed by atoms with Gasteiger partial charge in [0.15, 0.2) is 6.29 Å². The number of ether oxygens (including phenoxy) is 3. The largest absolute Gasteiger partial charge is 0.488 e.